The Morgan fingerprint density at radius 3 is 2.16 bits per heavy atom. The molecule has 2 rings (SSSR count). The zero-order chi connectivity index (χ0) is 23.6. The zero-order valence-electron chi connectivity index (χ0n) is 19.2. The number of alkyl halides is 3. The number of amides is 1. The molecule has 0 aliphatic heterocycles. The van der Waals surface area contributed by atoms with Gasteiger partial charge in [-0.2, -0.15) is 13.2 Å². The highest BCUT2D eigenvalue weighted by Crippen LogP contribution is 2.33. The number of carbonyl (C=O) groups is 1. The van der Waals surface area contributed by atoms with Crippen LogP contribution >= 0.6 is 0 Å². The largest absolute Gasteiger partial charge is 0.416 e. The number of carbonyl (C=O) groups excluding carboxylic acids is 1. The lowest BCUT2D eigenvalue weighted by Gasteiger charge is -2.30. The van der Waals surface area contributed by atoms with Gasteiger partial charge in [0.15, 0.2) is 0 Å². The molecule has 0 saturated heterocycles. The van der Waals surface area contributed by atoms with Crippen molar-refractivity contribution in [2.24, 2.45) is 11.8 Å². The summed E-state index contributed by atoms with van der Waals surface area (Å²) in [7, 11) is 1.66. The lowest BCUT2D eigenvalue weighted by atomic mass is 9.78. The highest BCUT2D eigenvalue weighted by molar-refractivity contribution is 5.70. The van der Waals surface area contributed by atoms with E-state index in [1.54, 1.807) is 7.05 Å². The van der Waals surface area contributed by atoms with Crippen molar-refractivity contribution in [2.45, 2.75) is 58.0 Å². The van der Waals surface area contributed by atoms with Crippen LogP contribution in [0.2, 0.25) is 0 Å². The third-order valence-electron chi connectivity index (χ3n) is 6.49. The lowest BCUT2D eigenvalue weighted by Crippen LogP contribution is -2.32. The number of hydrogen-bond acceptors (Lipinski definition) is 4. The Kier molecular flexibility index (Phi) is 10.8. The molecule has 1 fully saturated rings. The van der Waals surface area contributed by atoms with Crippen molar-refractivity contribution in [1.29, 1.82) is 0 Å². The van der Waals surface area contributed by atoms with Gasteiger partial charge >= 0.3 is 12.3 Å². The van der Waals surface area contributed by atoms with Crippen LogP contribution in [-0.2, 0) is 6.18 Å². The van der Waals surface area contributed by atoms with Gasteiger partial charge in [-0.05, 0) is 68.5 Å². The first-order valence-corrected chi connectivity index (χ1v) is 11.7. The molecule has 1 aliphatic rings. The van der Waals surface area contributed by atoms with Crippen LogP contribution in [0.25, 0.3) is 0 Å². The second kappa shape index (κ2) is 13.0. The minimum atomic E-state index is -4.41. The minimum absolute atomic E-state index is 0.107. The normalized spacial score (nSPS) is 19.2. The van der Waals surface area contributed by atoms with Crippen LogP contribution in [0, 0.1) is 11.8 Å². The summed E-state index contributed by atoms with van der Waals surface area (Å²) in [5.41, 5.74) is -0.769. The maximum absolute atomic E-state index is 12.6. The molecule has 0 unspecified atom stereocenters. The fourth-order valence-corrected chi connectivity index (χ4v) is 4.34. The van der Waals surface area contributed by atoms with Crippen LogP contribution < -0.4 is 4.74 Å². The molecule has 1 N–H and O–H groups in total. The average molecular weight is 459 g/mol. The van der Waals surface area contributed by atoms with E-state index in [0.29, 0.717) is 12.5 Å². The van der Waals surface area contributed by atoms with Gasteiger partial charge in [0.1, 0.15) is 5.75 Å². The summed E-state index contributed by atoms with van der Waals surface area (Å²) >= 11 is 0. The Balaban J connectivity index is 1.64. The second-order valence-corrected chi connectivity index (χ2v) is 8.79. The molecule has 182 valence electrons. The SMILES string of the molecule is CCN(CCO)CCC[C@H]1CC[C@H](CCN(C)C(=O)Oc2ccc(C(F)(F)F)cc2)CC1. The van der Waals surface area contributed by atoms with Gasteiger partial charge in [0.25, 0.3) is 0 Å². The summed E-state index contributed by atoms with van der Waals surface area (Å²) in [6.07, 6.45) is 3.12. The molecule has 32 heavy (non-hydrogen) atoms. The quantitative estimate of drug-likeness (QED) is 0.481. The Labute approximate surface area is 189 Å². The van der Waals surface area contributed by atoms with Gasteiger partial charge in [0.2, 0.25) is 0 Å². The molecule has 0 spiro atoms. The minimum Gasteiger partial charge on any atom is -0.410 e. The molecule has 1 aliphatic carbocycles. The molecule has 1 aromatic rings. The number of aliphatic hydroxyl groups excluding tert-OH is 1. The van der Waals surface area contributed by atoms with Crippen LogP contribution in [-0.4, -0.2) is 60.8 Å². The van der Waals surface area contributed by atoms with Crippen molar-refractivity contribution in [1.82, 2.24) is 9.80 Å². The van der Waals surface area contributed by atoms with Gasteiger partial charge in [-0.25, -0.2) is 4.79 Å². The fraction of sp³-hybridized carbons (Fsp3) is 0.708. The fourth-order valence-electron chi connectivity index (χ4n) is 4.34. The van der Waals surface area contributed by atoms with Crippen LogP contribution in [0.4, 0.5) is 18.0 Å². The summed E-state index contributed by atoms with van der Waals surface area (Å²) in [6, 6.07) is 4.15. The molecule has 1 saturated carbocycles. The Morgan fingerprint density at radius 2 is 1.62 bits per heavy atom. The van der Waals surface area contributed by atoms with E-state index in [1.807, 2.05) is 0 Å². The predicted molar refractivity (Wildman–Crippen MR) is 119 cm³/mol. The first-order chi connectivity index (χ1) is 15.2. The van der Waals surface area contributed by atoms with Crippen molar-refractivity contribution < 1.29 is 27.8 Å². The third-order valence-corrected chi connectivity index (χ3v) is 6.49. The number of nitrogens with zero attached hydrogens (tertiary/aromatic N) is 2. The Bertz CT molecular complexity index is 674. The standard InChI is InChI=1S/C24H37F3N2O3/c1-3-29(17-18-30)15-4-5-19-6-8-20(9-7-19)14-16-28(2)23(31)32-22-12-10-21(11-13-22)24(25,26)27/h10-13,19-20,30H,3-9,14-18H2,1-2H3/t19-,20-. The molecular weight excluding hydrogens is 421 g/mol. The van der Waals surface area contributed by atoms with E-state index in [1.165, 1.54) is 55.6 Å². The summed E-state index contributed by atoms with van der Waals surface area (Å²) < 4.78 is 43.1. The maximum atomic E-state index is 12.6. The van der Waals surface area contributed by atoms with Crippen molar-refractivity contribution in [3.8, 4) is 5.75 Å². The highest BCUT2D eigenvalue weighted by Gasteiger charge is 2.30. The molecular formula is C24H37F3N2O3. The van der Waals surface area contributed by atoms with E-state index >= 15 is 0 Å². The van der Waals surface area contributed by atoms with Crippen molar-refractivity contribution in [3.63, 3.8) is 0 Å². The molecule has 5 nitrogen and oxygen atoms in total. The van der Waals surface area contributed by atoms with E-state index in [-0.39, 0.29) is 12.4 Å². The van der Waals surface area contributed by atoms with Crippen LogP contribution in [0.15, 0.2) is 24.3 Å². The summed E-state index contributed by atoms with van der Waals surface area (Å²) in [5.74, 6) is 1.46. The highest BCUT2D eigenvalue weighted by atomic mass is 19.4. The van der Waals surface area contributed by atoms with Gasteiger partial charge in [-0.3, -0.25) is 0 Å². The molecule has 0 atom stereocenters. The number of hydrogen-bond donors (Lipinski definition) is 1. The Morgan fingerprint density at radius 1 is 1.03 bits per heavy atom. The lowest BCUT2D eigenvalue weighted by molar-refractivity contribution is -0.137. The number of ether oxygens (including phenoxy) is 1. The van der Waals surface area contributed by atoms with Crippen LogP contribution in [0.1, 0.15) is 57.4 Å². The number of rotatable bonds is 11. The van der Waals surface area contributed by atoms with Crippen LogP contribution in [0.3, 0.4) is 0 Å². The van der Waals surface area contributed by atoms with Crippen LogP contribution in [0.5, 0.6) is 5.75 Å². The number of likely N-dealkylation sites (N-methyl/N-ethyl adjacent to an activating group) is 1. The summed E-state index contributed by atoms with van der Waals surface area (Å²) in [4.78, 5) is 16.0. The van der Waals surface area contributed by atoms with Gasteiger partial charge in [-0.15, -0.1) is 0 Å². The molecule has 0 heterocycles. The molecule has 1 aromatic carbocycles. The van der Waals surface area contributed by atoms with Gasteiger partial charge < -0.3 is 19.6 Å². The third kappa shape index (κ3) is 8.98. The van der Waals surface area contributed by atoms with Crippen molar-refractivity contribution >= 4 is 6.09 Å². The number of halogens is 3. The first kappa shape index (κ1) is 26.5. The zero-order valence-corrected chi connectivity index (χ0v) is 19.2. The summed E-state index contributed by atoms with van der Waals surface area (Å²) in [5, 5.41) is 9.07. The maximum Gasteiger partial charge on any atom is 0.416 e. The molecule has 0 radical (unpaired) electrons. The molecule has 8 heteroatoms. The van der Waals surface area contributed by atoms with E-state index in [4.69, 9.17) is 9.84 Å². The summed E-state index contributed by atoms with van der Waals surface area (Å²) in [6.45, 7) is 5.67. The van der Waals surface area contributed by atoms with Gasteiger partial charge in [-0.1, -0.05) is 32.6 Å². The topological polar surface area (TPSA) is 53.0 Å². The molecule has 0 bridgehead atoms. The number of aliphatic hydroxyl groups is 1. The molecule has 0 aromatic heterocycles. The van der Waals surface area contributed by atoms with E-state index in [0.717, 1.165) is 44.1 Å². The van der Waals surface area contributed by atoms with Crippen molar-refractivity contribution in [2.75, 3.05) is 39.8 Å². The van der Waals surface area contributed by atoms with Gasteiger partial charge in [0.05, 0.1) is 12.2 Å². The van der Waals surface area contributed by atoms with E-state index in [2.05, 4.69) is 11.8 Å². The Hall–Kier alpha value is -1.80. The van der Waals surface area contributed by atoms with E-state index in [9.17, 15) is 18.0 Å². The van der Waals surface area contributed by atoms with E-state index < -0.39 is 17.8 Å². The average Bonchev–Trinajstić information content (AvgIpc) is 2.77. The monoisotopic (exact) mass is 458 g/mol. The number of benzene rings is 1. The molecule has 1 amide bonds. The predicted octanol–water partition coefficient (Wildman–Crippen LogP) is 5.43. The second-order valence-electron chi connectivity index (χ2n) is 8.79. The van der Waals surface area contributed by atoms with Gasteiger partial charge in [0, 0.05) is 20.1 Å². The van der Waals surface area contributed by atoms with Crippen molar-refractivity contribution in [3.05, 3.63) is 29.8 Å². The first-order valence-electron chi connectivity index (χ1n) is 11.7. The smallest absolute Gasteiger partial charge is 0.410 e.